The third-order valence-corrected chi connectivity index (χ3v) is 5.06. The lowest BCUT2D eigenvalue weighted by Crippen LogP contribution is -2.31. The second-order valence-electron chi connectivity index (χ2n) is 6.89. The third-order valence-electron chi connectivity index (χ3n) is 5.06. The molecule has 0 aliphatic carbocycles. The van der Waals surface area contributed by atoms with Crippen molar-refractivity contribution in [2.75, 3.05) is 19.1 Å². The highest BCUT2D eigenvalue weighted by atomic mass is 16.6. The first-order valence-corrected chi connectivity index (χ1v) is 9.71. The maximum absolute atomic E-state index is 13.7. The van der Waals surface area contributed by atoms with Gasteiger partial charge < -0.3 is 18.8 Å². The van der Waals surface area contributed by atoms with Crippen LogP contribution in [0.25, 0.3) is 5.65 Å². The van der Waals surface area contributed by atoms with Crippen LogP contribution in [-0.2, 0) is 6.54 Å². The second kappa shape index (κ2) is 8.76. The second-order valence-corrected chi connectivity index (χ2v) is 6.89. The van der Waals surface area contributed by atoms with Gasteiger partial charge in [0.15, 0.2) is 11.5 Å². The Balaban J connectivity index is 1.83. The molecule has 0 aliphatic heterocycles. The molecule has 9 nitrogen and oxygen atoms in total. The highest BCUT2D eigenvalue weighted by Crippen LogP contribution is 2.36. The van der Waals surface area contributed by atoms with Crippen LogP contribution in [0, 0.1) is 10.1 Å². The molecular formula is C23H20N4O5. The fourth-order valence-electron chi connectivity index (χ4n) is 3.49. The highest BCUT2D eigenvalue weighted by Gasteiger charge is 2.29. The Kier molecular flexibility index (Phi) is 5.71. The summed E-state index contributed by atoms with van der Waals surface area (Å²) in [6, 6.07) is 17.1. The summed E-state index contributed by atoms with van der Waals surface area (Å²) in [4.78, 5) is 30.7. The molecule has 2 aromatic heterocycles. The van der Waals surface area contributed by atoms with Crippen molar-refractivity contribution < 1.29 is 19.2 Å². The van der Waals surface area contributed by atoms with E-state index in [4.69, 9.17) is 9.47 Å². The monoisotopic (exact) mass is 432 g/mol. The standard InChI is InChI=1S/C23H20N4O5/c1-31-20-12-18(19(27(29)30)13-21(20)32-2)23(28)26(16-8-4-3-5-9-16)15-17-14-24-22-10-6-7-11-25(17)22/h3-14H,15H2,1-2H3. The lowest BCUT2D eigenvalue weighted by molar-refractivity contribution is -0.385. The molecular weight excluding hydrogens is 412 g/mol. The van der Waals surface area contributed by atoms with Gasteiger partial charge in [0, 0.05) is 18.0 Å². The van der Waals surface area contributed by atoms with E-state index in [1.165, 1.54) is 31.3 Å². The zero-order valence-corrected chi connectivity index (χ0v) is 17.5. The van der Waals surface area contributed by atoms with Crippen LogP contribution in [0.5, 0.6) is 11.5 Å². The van der Waals surface area contributed by atoms with E-state index < -0.39 is 10.8 Å². The maximum Gasteiger partial charge on any atom is 0.286 e. The van der Waals surface area contributed by atoms with Crippen LogP contribution >= 0.6 is 0 Å². The molecule has 0 unspecified atom stereocenters. The molecule has 1 amide bonds. The van der Waals surface area contributed by atoms with Crippen molar-refractivity contribution in [3.63, 3.8) is 0 Å². The first-order valence-electron chi connectivity index (χ1n) is 9.71. The predicted molar refractivity (Wildman–Crippen MR) is 118 cm³/mol. The van der Waals surface area contributed by atoms with E-state index in [1.54, 1.807) is 30.5 Å². The number of rotatable bonds is 7. The molecule has 0 saturated carbocycles. The van der Waals surface area contributed by atoms with E-state index in [9.17, 15) is 14.9 Å². The topological polar surface area (TPSA) is 99.2 Å². The number of hydrogen-bond donors (Lipinski definition) is 0. The van der Waals surface area contributed by atoms with Crippen LogP contribution in [-0.4, -0.2) is 34.4 Å². The van der Waals surface area contributed by atoms with Gasteiger partial charge in [0.05, 0.1) is 43.6 Å². The van der Waals surface area contributed by atoms with Gasteiger partial charge in [-0.2, -0.15) is 0 Å². The number of nitro groups is 1. The molecule has 4 rings (SSSR count). The summed E-state index contributed by atoms with van der Waals surface area (Å²) >= 11 is 0. The van der Waals surface area contributed by atoms with Gasteiger partial charge in [0.25, 0.3) is 11.6 Å². The largest absolute Gasteiger partial charge is 0.493 e. The summed E-state index contributed by atoms with van der Waals surface area (Å²) in [5, 5.41) is 11.8. The fraction of sp³-hybridized carbons (Fsp3) is 0.130. The number of aromatic nitrogens is 2. The number of anilines is 1. The van der Waals surface area contributed by atoms with Crippen LogP contribution in [0.3, 0.4) is 0 Å². The Labute approximate surface area is 183 Å². The zero-order chi connectivity index (χ0) is 22.7. The molecule has 0 atom stereocenters. The number of methoxy groups -OCH3 is 2. The van der Waals surface area contributed by atoms with E-state index in [0.29, 0.717) is 5.69 Å². The predicted octanol–water partition coefficient (Wildman–Crippen LogP) is 4.11. The van der Waals surface area contributed by atoms with Crippen molar-refractivity contribution in [3.05, 3.63) is 94.4 Å². The number of carbonyl (C=O) groups is 1. The van der Waals surface area contributed by atoms with Crippen LogP contribution in [0.4, 0.5) is 11.4 Å². The summed E-state index contributed by atoms with van der Waals surface area (Å²) in [6.45, 7) is 0.152. The van der Waals surface area contributed by atoms with E-state index in [0.717, 1.165) is 11.3 Å². The molecule has 0 fully saturated rings. The summed E-state index contributed by atoms with van der Waals surface area (Å²) in [7, 11) is 2.79. The number of fused-ring (bicyclic) bond motifs is 1. The molecule has 162 valence electrons. The lowest BCUT2D eigenvalue weighted by atomic mass is 10.1. The van der Waals surface area contributed by atoms with Gasteiger partial charge in [-0.3, -0.25) is 14.9 Å². The first kappa shape index (κ1) is 20.9. The summed E-state index contributed by atoms with van der Waals surface area (Å²) in [5.74, 6) is -0.150. The van der Waals surface area contributed by atoms with Gasteiger partial charge in [0.2, 0.25) is 0 Å². The third kappa shape index (κ3) is 3.83. The SMILES string of the molecule is COc1cc(C(=O)N(Cc2cnc3ccccn23)c2ccccc2)c([N+](=O)[O-])cc1OC. The Morgan fingerprint density at radius 1 is 1.06 bits per heavy atom. The molecule has 0 saturated heterocycles. The molecule has 0 spiro atoms. The number of carbonyl (C=O) groups excluding carboxylic acids is 1. The number of benzene rings is 2. The minimum Gasteiger partial charge on any atom is -0.493 e. The summed E-state index contributed by atoms with van der Waals surface area (Å²) < 4.78 is 12.3. The Morgan fingerprint density at radius 2 is 1.75 bits per heavy atom. The van der Waals surface area contributed by atoms with Crippen molar-refractivity contribution in [3.8, 4) is 11.5 Å². The number of ether oxygens (including phenoxy) is 2. The molecule has 32 heavy (non-hydrogen) atoms. The molecule has 0 aliphatic rings. The van der Waals surface area contributed by atoms with Crippen LogP contribution in [0.1, 0.15) is 16.1 Å². The van der Waals surface area contributed by atoms with E-state index in [2.05, 4.69) is 4.98 Å². The molecule has 4 aromatic rings. The summed E-state index contributed by atoms with van der Waals surface area (Å²) in [5.41, 5.74) is 1.60. The lowest BCUT2D eigenvalue weighted by Gasteiger charge is -2.23. The Hall–Kier alpha value is -4.40. The zero-order valence-electron chi connectivity index (χ0n) is 17.5. The van der Waals surface area contributed by atoms with Gasteiger partial charge in [-0.25, -0.2) is 4.98 Å². The van der Waals surface area contributed by atoms with Crippen molar-refractivity contribution in [1.29, 1.82) is 0 Å². The van der Waals surface area contributed by atoms with E-state index >= 15 is 0 Å². The molecule has 2 heterocycles. The van der Waals surface area contributed by atoms with Crippen LogP contribution in [0.2, 0.25) is 0 Å². The minimum atomic E-state index is -0.605. The van der Waals surface area contributed by atoms with Gasteiger partial charge in [-0.1, -0.05) is 24.3 Å². The summed E-state index contributed by atoms with van der Waals surface area (Å²) in [6.07, 6.45) is 3.53. The normalized spacial score (nSPS) is 10.7. The smallest absolute Gasteiger partial charge is 0.286 e. The number of nitrogens with zero attached hydrogens (tertiary/aromatic N) is 4. The highest BCUT2D eigenvalue weighted by molar-refractivity contribution is 6.09. The van der Waals surface area contributed by atoms with Crippen molar-refractivity contribution in [2.24, 2.45) is 0 Å². The van der Waals surface area contributed by atoms with E-state index in [1.807, 2.05) is 34.9 Å². The number of hydrogen-bond acceptors (Lipinski definition) is 6. The number of pyridine rings is 1. The van der Waals surface area contributed by atoms with Crippen LogP contribution in [0.15, 0.2) is 73.1 Å². The average Bonchev–Trinajstić information content (AvgIpc) is 3.24. The van der Waals surface area contributed by atoms with Gasteiger partial charge in [-0.05, 0) is 24.3 Å². The quantitative estimate of drug-likeness (QED) is 0.322. The van der Waals surface area contributed by atoms with Crippen LogP contribution < -0.4 is 14.4 Å². The first-order chi connectivity index (χ1) is 15.5. The average molecular weight is 432 g/mol. The van der Waals surface area contributed by atoms with Crippen molar-refractivity contribution in [2.45, 2.75) is 6.54 Å². The minimum absolute atomic E-state index is 0.106. The molecule has 2 aromatic carbocycles. The van der Waals surface area contributed by atoms with Crippen molar-refractivity contribution in [1.82, 2.24) is 9.38 Å². The number of amides is 1. The maximum atomic E-state index is 13.7. The van der Waals surface area contributed by atoms with Gasteiger partial charge in [0.1, 0.15) is 11.2 Å². The number of para-hydroxylation sites is 1. The number of nitro benzene ring substituents is 1. The van der Waals surface area contributed by atoms with Crippen molar-refractivity contribution >= 4 is 22.9 Å². The molecule has 0 bridgehead atoms. The molecule has 9 heteroatoms. The fourth-order valence-corrected chi connectivity index (χ4v) is 3.49. The Bertz CT molecular complexity index is 1290. The van der Waals surface area contributed by atoms with Gasteiger partial charge >= 0.3 is 0 Å². The van der Waals surface area contributed by atoms with Gasteiger partial charge in [-0.15, -0.1) is 0 Å². The molecule has 0 N–H and O–H groups in total. The number of imidazole rings is 1. The Morgan fingerprint density at radius 3 is 2.44 bits per heavy atom. The van der Waals surface area contributed by atoms with E-state index in [-0.39, 0.29) is 29.3 Å². The molecule has 0 radical (unpaired) electrons.